The van der Waals surface area contributed by atoms with Gasteiger partial charge in [0.15, 0.2) is 0 Å². The van der Waals surface area contributed by atoms with Crippen LogP contribution in [0.15, 0.2) is 13.2 Å². The number of ether oxygens (including phenoxy) is 1. The molecule has 2 N–H and O–H groups in total. The summed E-state index contributed by atoms with van der Waals surface area (Å²) >= 11 is 2.21. The summed E-state index contributed by atoms with van der Waals surface area (Å²) in [5, 5.41) is 16.6. The van der Waals surface area contributed by atoms with Crippen molar-refractivity contribution in [2.24, 2.45) is 0 Å². The summed E-state index contributed by atoms with van der Waals surface area (Å²) in [6, 6.07) is 0. The predicted molar refractivity (Wildman–Crippen MR) is 110 cm³/mol. The molecule has 0 amide bonds. The Hall–Kier alpha value is 0.217. The molecular weight excluding hydrogens is 295 g/mol. The molecule has 2 unspecified atom stereocenters. The van der Waals surface area contributed by atoms with Crippen LogP contribution < -0.4 is 0 Å². The van der Waals surface area contributed by atoms with Gasteiger partial charge in [0.1, 0.15) is 0 Å². The number of rotatable bonds is 11. The number of aliphatic hydroxyl groups excluding tert-OH is 2. The Morgan fingerprint density at radius 1 is 0.792 bits per heavy atom. The fourth-order valence-corrected chi connectivity index (χ4v) is 2.01. The van der Waals surface area contributed by atoms with E-state index in [1.807, 2.05) is 0 Å². The molecule has 144 valence electrons. The Morgan fingerprint density at radius 3 is 1.29 bits per heavy atom. The van der Waals surface area contributed by atoms with Gasteiger partial charge in [0, 0.05) is 0 Å². The number of hydrogen-bond donors (Lipinski definition) is 2. The van der Waals surface area contributed by atoms with Crippen molar-refractivity contribution in [1.82, 2.24) is 0 Å². The average Bonchev–Trinajstić information content (AvgIpc) is 2.63. The van der Waals surface area contributed by atoms with Crippen molar-refractivity contribution >= 4 is 17.7 Å². The second-order valence-corrected chi connectivity index (χ2v) is 5.57. The van der Waals surface area contributed by atoms with Crippen LogP contribution in [0.1, 0.15) is 86.0 Å². The van der Waals surface area contributed by atoms with Gasteiger partial charge in [-0.1, -0.05) is 40.5 Å². The van der Waals surface area contributed by atoms with E-state index in [0.717, 1.165) is 12.8 Å². The van der Waals surface area contributed by atoms with E-state index in [4.69, 9.17) is 14.9 Å². The quantitative estimate of drug-likeness (QED) is 0.396. The van der Waals surface area contributed by atoms with E-state index < -0.39 is 0 Å². The Morgan fingerprint density at radius 2 is 1.17 bits per heavy atom. The van der Waals surface area contributed by atoms with Crippen LogP contribution in [0, 0.1) is 0 Å². The van der Waals surface area contributed by atoms with Gasteiger partial charge < -0.3 is 14.9 Å². The minimum absolute atomic E-state index is 0.125. The summed E-state index contributed by atoms with van der Waals surface area (Å²) in [7, 11) is 0. The topological polar surface area (TPSA) is 49.7 Å². The molecule has 0 heterocycles. The van der Waals surface area contributed by atoms with Crippen LogP contribution in [0.25, 0.3) is 0 Å². The van der Waals surface area contributed by atoms with Crippen molar-refractivity contribution < 1.29 is 14.9 Å². The first-order valence-electron chi connectivity index (χ1n) is 9.98. The zero-order valence-electron chi connectivity index (χ0n) is 17.6. The van der Waals surface area contributed by atoms with E-state index in [9.17, 15) is 0 Å². The maximum atomic E-state index is 7.62. The van der Waals surface area contributed by atoms with Crippen LogP contribution in [-0.2, 0) is 4.74 Å². The third-order valence-corrected chi connectivity index (χ3v) is 3.32. The monoisotopic (exact) mass is 340 g/mol. The van der Waals surface area contributed by atoms with Crippen LogP contribution in [-0.4, -0.2) is 53.3 Å². The minimum atomic E-state index is -0.125. The van der Waals surface area contributed by atoms with Crippen LogP contribution in [0.2, 0.25) is 5.09 Å². The van der Waals surface area contributed by atoms with Gasteiger partial charge >= 0.3 is 42.6 Å². The fraction of sp³-hybridized carbons (Fsp3) is 0.900. The summed E-state index contributed by atoms with van der Waals surface area (Å²) in [5.41, 5.74) is 0. The van der Waals surface area contributed by atoms with Gasteiger partial charge in [-0.25, -0.2) is 0 Å². The summed E-state index contributed by atoms with van der Waals surface area (Å²) in [6.45, 7) is 16.9. The number of aliphatic hydroxyl groups is 2. The summed E-state index contributed by atoms with van der Waals surface area (Å²) < 4.78 is 6.03. The molecule has 0 aromatic heterocycles. The molecule has 2 atom stereocenters. The number of hydrogen-bond acceptors (Lipinski definition) is 3. The Balaban J connectivity index is -0.000000150. The molecular formula is C20H45LiO3. The molecule has 0 spiro atoms. The third-order valence-electron chi connectivity index (χ3n) is 3.32. The standard InChI is InChI=1S/C12H26O.C4H9.C2H6O2.C2H4.Li/c1-5-9-11(7-3)13-12(8-4)10-6-2;1-3-4-2;3-1-2-4;1-2;/h11-12H,5-10H2,1-4H3;1,3-4H2,2H3;3-4H,1-2H2;1-2H2;. The Labute approximate surface area is 162 Å². The molecule has 0 bridgehead atoms. The van der Waals surface area contributed by atoms with Gasteiger partial charge in [0.05, 0.1) is 25.4 Å². The van der Waals surface area contributed by atoms with Gasteiger partial charge in [-0.15, -0.1) is 13.2 Å². The first-order chi connectivity index (χ1) is 11.6. The molecule has 0 aliphatic heterocycles. The Bertz CT molecular complexity index is 164. The molecule has 4 heteroatoms. The summed E-state index contributed by atoms with van der Waals surface area (Å²) in [4.78, 5) is 0. The molecule has 0 aromatic carbocycles. The maximum absolute atomic E-state index is 7.62. The van der Waals surface area contributed by atoms with Gasteiger partial charge in [0.25, 0.3) is 0 Å². The average molecular weight is 341 g/mol. The van der Waals surface area contributed by atoms with Crippen molar-refractivity contribution in [1.29, 1.82) is 0 Å². The van der Waals surface area contributed by atoms with E-state index in [-0.39, 0.29) is 13.2 Å². The van der Waals surface area contributed by atoms with E-state index >= 15 is 0 Å². The molecule has 24 heavy (non-hydrogen) atoms. The van der Waals surface area contributed by atoms with Crippen LogP contribution in [0.4, 0.5) is 0 Å². The van der Waals surface area contributed by atoms with E-state index in [1.165, 1.54) is 43.6 Å². The normalized spacial score (nSPS) is 11.7. The van der Waals surface area contributed by atoms with Crippen LogP contribution >= 0.6 is 0 Å². The molecule has 0 saturated carbocycles. The van der Waals surface area contributed by atoms with Crippen molar-refractivity contribution in [2.45, 2.75) is 103 Å². The third kappa shape index (κ3) is 33.7. The molecule has 0 aliphatic carbocycles. The zero-order valence-corrected chi connectivity index (χ0v) is 17.6. The van der Waals surface area contributed by atoms with Gasteiger partial charge in [-0.2, -0.15) is 0 Å². The summed E-state index contributed by atoms with van der Waals surface area (Å²) in [5.74, 6) is 0. The predicted octanol–water partition coefficient (Wildman–Crippen LogP) is 5.31. The van der Waals surface area contributed by atoms with Crippen LogP contribution in [0.3, 0.4) is 0 Å². The second-order valence-electron chi connectivity index (χ2n) is 5.57. The van der Waals surface area contributed by atoms with Crippen molar-refractivity contribution in [2.75, 3.05) is 13.2 Å². The fourth-order valence-electron chi connectivity index (χ4n) is 2.01. The number of unbranched alkanes of at least 4 members (excludes halogenated alkanes) is 1. The van der Waals surface area contributed by atoms with Crippen LogP contribution in [0.5, 0.6) is 0 Å². The van der Waals surface area contributed by atoms with E-state index in [2.05, 4.69) is 65.5 Å². The Kier molecular flexibility index (Phi) is 46.0. The molecule has 0 saturated heterocycles. The molecule has 0 radical (unpaired) electrons. The first-order valence-corrected chi connectivity index (χ1v) is 9.98. The van der Waals surface area contributed by atoms with Gasteiger partial charge in [0.2, 0.25) is 0 Å². The van der Waals surface area contributed by atoms with Crippen molar-refractivity contribution in [3.05, 3.63) is 13.2 Å². The molecule has 0 rings (SSSR count). The molecule has 0 aromatic rings. The van der Waals surface area contributed by atoms with Gasteiger partial charge in [-0.3, -0.25) is 0 Å². The van der Waals surface area contributed by atoms with E-state index in [1.54, 1.807) is 0 Å². The van der Waals surface area contributed by atoms with E-state index in [0.29, 0.717) is 12.2 Å². The van der Waals surface area contributed by atoms with Crippen molar-refractivity contribution in [3.8, 4) is 0 Å². The zero-order chi connectivity index (χ0) is 19.6. The molecule has 0 fully saturated rings. The van der Waals surface area contributed by atoms with Crippen molar-refractivity contribution in [3.63, 3.8) is 0 Å². The summed E-state index contributed by atoms with van der Waals surface area (Å²) in [6.07, 6.45) is 11.0. The molecule has 3 nitrogen and oxygen atoms in total. The second kappa shape index (κ2) is 34.5. The first kappa shape index (κ1) is 31.9. The van der Waals surface area contributed by atoms with Gasteiger partial charge in [-0.05, 0) is 25.7 Å². The molecule has 0 aliphatic rings. The SMILES string of the molecule is C=C.CCCC(CC)OC(CC)CCC.OCCO.[Li][CH2]CCC.